The highest BCUT2D eigenvalue weighted by atomic mass is 32.2. The van der Waals surface area contributed by atoms with Crippen molar-refractivity contribution in [3.63, 3.8) is 0 Å². The third-order valence-electron chi connectivity index (χ3n) is 3.93. The molecule has 6 nitrogen and oxygen atoms in total. The number of ether oxygens (including phenoxy) is 1. The van der Waals surface area contributed by atoms with E-state index >= 15 is 0 Å². The predicted octanol–water partition coefficient (Wildman–Crippen LogP) is 3.23. The minimum Gasteiger partial charge on any atom is -0.462 e. The number of anilines is 1. The highest BCUT2D eigenvalue weighted by Gasteiger charge is 2.27. The molecule has 132 valence electrons. The molecule has 0 saturated heterocycles. The molecule has 0 aromatic heterocycles. The third kappa shape index (κ3) is 4.42. The predicted molar refractivity (Wildman–Crippen MR) is 99.6 cm³/mol. The van der Waals surface area contributed by atoms with Crippen LogP contribution in [0.25, 0.3) is 0 Å². The Morgan fingerprint density at radius 1 is 1.32 bits per heavy atom. The van der Waals surface area contributed by atoms with Crippen LogP contribution in [-0.2, 0) is 9.53 Å². The second kappa shape index (κ2) is 8.20. The third-order valence-corrected chi connectivity index (χ3v) is 4.88. The number of carbonyl (C=O) groups is 2. The molecular formula is C18H21N3O3S. The van der Waals surface area contributed by atoms with Crippen molar-refractivity contribution in [1.29, 1.82) is 0 Å². The lowest BCUT2D eigenvalue weighted by Gasteiger charge is -2.16. The van der Waals surface area contributed by atoms with Gasteiger partial charge in [0.2, 0.25) is 5.91 Å². The number of hydrogen-bond donors (Lipinski definition) is 1. The first-order chi connectivity index (χ1) is 12.2. The molecule has 2 aliphatic rings. The second-order valence-corrected chi connectivity index (χ2v) is 6.67. The maximum atomic E-state index is 12.2. The van der Waals surface area contributed by atoms with Crippen molar-refractivity contribution in [2.75, 3.05) is 25.0 Å². The van der Waals surface area contributed by atoms with Crippen LogP contribution in [0, 0.1) is 0 Å². The number of fused-ring (bicyclic) bond motifs is 1. The Kier molecular flexibility index (Phi) is 5.75. The smallest absolute Gasteiger partial charge is 0.338 e. The molecule has 25 heavy (non-hydrogen) atoms. The van der Waals surface area contributed by atoms with Crippen LogP contribution in [0.4, 0.5) is 5.69 Å². The molecule has 0 aliphatic carbocycles. The highest BCUT2D eigenvalue weighted by molar-refractivity contribution is 8.16. The summed E-state index contributed by atoms with van der Waals surface area (Å²) in [7, 11) is 0. The van der Waals surface area contributed by atoms with Gasteiger partial charge >= 0.3 is 5.97 Å². The molecule has 7 heteroatoms. The Labute approximate surface area is 151 Å². The molecule has 1 amide bonds. The zero-order chi connectivity index (χ0) is 17.6. The number of rotatable bonds is 7. The lowest BCUT2D eigenvalue weighted by Crippen LogP contribution is -2.24. The molecule has 0 unspecified atom stereocenters. The van der Waals surface area contributed by atoms with Gasteiger partial charge in [-0.25, -0.2) is 4.79 Å². The molecule has 0 saturated carbocycles. The average Bonchev–Trinajstić information content (AvgIpc) is 3.21. The minimum atomic E-state index is -0.333. The van der Waals surface area contributed by atoms with Gasteiger partial charge in [0.05, 0.1) is 25.1 Å². The minimum absolute atomic E-state index is 0.0849. The van der Waals surface area contributed by atoms with E-state index in [1.54, 1.807) is 36.0 Å². The largest absolute Gasteiger partial charge is 0.462 e. The Bertz CT molecular complexity index is 713. The van der Waals surface area contributed by atoms with Gasteiger partial charge in [0.1, 0.15) is 0 Å². The van der Waals surface area contributed by atoms with E-state index in [0.29, 0.717) is 24.3 Å². The van der Waals surface area contributed by atoms with Gasteiger partial charge < -0.3 is 15.0 Å². The zero-order valence-electron chi connectivity index (χ0n) is 14.2. The van der Waals surface area contributed by atoms with Gasteiger partial charge in [0.15, 0.2) is 5.17 Å². The summed E-state index contributed by atoms with van der Waals surface area (Å²) in [5.74, 6) is -0.418. The van der Waals surface area contributed by atoms with Gasteiger partial charge in [-0.1, -0.05) is 25.1 Å². The molecule has 1 aromatic rings. The summed E-state index contributed by atoms with van der Waals surface area (Å²) in [4.78, 5) is 30.5. The van der Waals surface area contributed by atoms with E-state index in [1.165, 1.54) is 0 Å². The number of benzene rings is 1. The van der Waals surface area contributed by atoms with Crippen LogP contribution in [0.3, 0.4) is 0 Å². The van der Waals surface area contributed by atoms with Crippen molar-refractivity contribution in [1.82, 2.24) is 4.90 Å². The van der Waals surface area contributed by atoms with Gasteiger partial charge in [0.25, 0.3) is 0 Å². The fraction of sp³-hybridized carbons (Fsp3) is 0.389. The van der Waals surface area contributed by atoms with E-state index in [2.05, 4.69) is 15.2 Å². The topological polar surface area (TPSA) is 71.0 Å². The Morgan fingerprint density at radius 2 is 2.12 bits per heavy atom. The van der Waals surface area contributed by atoms with Crippen molar-refractivity contribution in [3.8, 4) is 0 Å². The monoisotopic (exact) mass is 359 g/mol. The molecule has 2 heterocycles. The number of hydrogen-bond acceptors (Lipinski definition) is 6. The number of thioether (sulfide) groups is 1. The van der Waals surface area contributed by atoms with E-state index in [-0.39, 0.29) is 11.9 Å². The quantitative estimate of drug-likeness (QED) is 0.598. The fourth-order valence-electron chi connectivity index (χ4n) is 2.57. The number of esters is 1. The van der Waals surface area contributed by atoms with Crippen molar-refractivity contribution in [2.45, 2.75) is 26.2 Å². The van der Waals surface area contributed by atoms with Gasteiger partial charge in [-0.2, -0.15) is 0 Å². The molecule has 0 atom stereocenters. The van der Waals surface area contributed by atoms with E-state index in [0.717, 1.165) is 36.8 Å². The van der Waals surface area contributed by atoms with Crippen molar-refractivity contribution in [3.05, 3.63) is 40.9 Å². The SMILES string of the molecule is CCCCOC(=O)c1ccc(NC(=O)CC2=CSC3=NCCN23)cc1. The average molecular weight is 359 g/mol. The molecule has 1 N–H and O–H groups in total. The summed E-state index contributed by atoms with van der Waals surface area (Å²) in [6.07, 6.45) is 2.16. The number of nitrogens with zero attached hydrogens (tertiary/aromatic N) is 2. The number of unbranched alkanes of at least 4 members (excludes halogenated alkanes) is 1. The normalized spacial score (nSPS) is 15.5. The molecule has 2 aliphatic heterocycles. The van der Waals surface area contributed by atoms with Crippen LogP contribution in [-0.4, -0.2) is 41.6 Å². The first-order valence-corrected chi connectivity index (χ1v) is 9.30. The van der Waals surface area contributed by atoms with E-state index in [9.17, 15) is 9.59 Å². The molecule has 0 bridgehead atoms. The lowest BCUT2D eigenvalue weighted by atomic mass is 10.2. The second-order valence-electron chi connectivity index (χ2n) is 5.83. The van der Waals surface area contributed by atoms with Crippen LogP contribution in [0.5, 0.6) is 0 Å². The van der Waals surface area contributed by atoms with E-state index < -0.39 is 0 Å². The lowest BCUT2D eigenvalue weighted by molar-refractivity contribution is -0.115. The van der Waals surface area contributed by atoms with Crippen molar-refractivity contribution >= 4 is 34.5 Å². The summed E-state index contributed by atoms with van der Waals surface area (Å²) < 4.78 is 5.17. The zero-order valence-corrected chi connectivity index (χ0v) is 15.0. The van der Waals surface area contributed by atoms with Crippen LogP contribution in [0.15, 0.2) is 40.4 Å². The maximum absolute atomic E-state index is 12.2. The number of amidine groups is 1. The van der Waals surface area contributed by atoms with Gasteiger partial charge in [0, 0.05) is 17.9 Å². The molecule has 3 rings (SSSR count). The number of carbonyl (C=O) groups excluding carboxylic acids is 2. The fourth-order valence-corrected chi connectivity index (χ4v) is 3.52. The molecule has 0 spiro atoms. The highest BCUT2D eigenvalue weighted by Crippen LogP contribution is 2.30. The summed E-state index contributed by atoms with van der Waals surface area (Å²) in [6.45, 7) is 4.11. The molecule has 0 fully saturated rings. The van der Waals surface area contributed by atoms with Crippen LogP contribution < -0.4 is 5.32 Å². The number of aliphatic imine (C=N–C) groups is 1. The molecule has 1 aromatic carbocycles. The standard InChI is InChI=1S/C18H21N3O3S/c1-2-3-10-24-17(23)13-4-6-14(7-5-13)20-16(22)11-15-12-25-18-19-8-9-21(15)18/h4-7,12H,2-3,8-11H2,1H3,(H,20,22). The summed E-state index contributed by atoms with van der Waals surface area (Å²) >= 11 is 1.57. The van der Waals surface area contributed by atoms with Gasteiger partial charge in [-0.15, -0.1) is 0 Å². The van der Waals surface area contributed by atoms with Crippen LogP contribution in [0.2, 0.25) is 0 Å². The maximum Gasteiger partial charge on any atom is 0.338 e. The Hall–Kier alpha value is -2.28. The van der Waals surface area contributed by atoms with Crippen molar-refractivity contribution in [2.24, 2.45) is 4.99 Å². The summed E-state index contributed by atoms with van der Waals surface area (Å²) in [5, 5.41) is 5.82. The summed E-state index contributed by atoms with van der Waals surface area (Å²) in [5.41, 5.74) is 2.13. The number of nitrogens with one attached hydrogen (secondary N) is 1. The van der Waals surface area contributed by atoms with Crippen LogP contribution in [0.1, 0.15) is 36.5 Å². The van der Waals surface area contributed by atoms with Gasteiger partial charge in [-0.05, 0) is 36.1 Å². The molecule has 0 radical (unpaired) electrons. The first-order valence-electron chi connectivity index (χ1n) is 8.42. The summed E-state index contributed by atoms with van der Waals surface area (Å²) in [6, 6.07) is 6.77. The molecular weight excluding hydrogens is 338 g/mol. The van der Waals surface area contributed by atoms with Crippen LogP contribution >= 0.6 is 11.8 Å². The first kappa shape index (κ1) is 17.5. The van der Waals surface area contributed by atoms with Crippen molar-refractivity contribution < 1.29 is 14.3 Å². The van der Waals surface area contributed by atoms with E-state index in [4.69, 9.17) is 4.74 Å². The number of amides is 1. The Balaban J connectivity index is 1.50. The Morgan fingerprint density at radius 3 is 2.88 bits per heavy atom. The van der Waals surface area contributed by atoms with Gasteiger partial charge in [-0.3, -0.25) is 9.79 Å². The van der Waals surface area contributed by atoms with E-state index in [1.807, 2.05) is 12.3 Å².